The Hall–Kier alpha value is -2.94. The molecule has 1 unspecified atom stereocenters. The molecule has 3 aliphatic rings. The summed E-state index contributed by atoms with van der Waals surface area (Å²) in [6.45, 7) is 11.8. The molecular formula is C30H43N5O4. The molecule has 9 nitrogen and oxygen atoms in total. The van der Waals surface area contributed by atoms with Gasteiger partial charge in [-0.1, -0.05) is 12.1 Å². The molecular weight excluding hydrogens is 494 g/mol. The highest BCUT2D eigenvalue weighted by molar-refractivity contribution is 6.02. The van der Waals surface area contributed by atoms with E-state index in [-0.39, 0.29) is 23.8 Å². The summed E-state index contributed by atoms with van der Waals surface area (Å²) >= 11 is 0. The molecule has 2 aromatic rings. The number of fused-ring (bicyclic) bond motifs is 1. The van der Waals surface area contributed by atoms with Gasteiger partial charge in [0.25, 0.3) is 0 Å². The van der Waals surface area contributed by atoms with Crippen LogP contribution in [0.5, 0.6) is 0 Å². The van der Waals surface area contributed by atoms with E-state index in [0.717, 1.165) is 68.5 Å². The number of hydrogen-bond donors (Lipinski definition) is 1. The lowest BCUT2D eigenvalue weighted by Crippen LogP contribution is -2.48. The Morgan fingerprint density at radius 1 is 1.05 bits per heavy atom. The molecule has 0 radical (unpaired) electrons. The SMILES string of the molecule is C[C@H](C1CCN(C(=O)OC(C)(C)C)CC1)N1CCC(c2ccc3c(C4CCC(=O)NC4=O)nn(C)c3c2)CC1. The van der Waals surface area contributed by atoms with Crippen LogP contribution in [0.2, 0.25) is 0 Å². The van der Waals surface area contributed by atoms with E-state index in [2.05, 4.69) is 35.3 Å². The maximum Gasteiger partial charge on any atom is 0.410 e. The average molecular weight is 538 g/mol. The van der Waals surface area contributed by atoms with E-state index in [1.165, 1.54) is 5.56 Å². The minimum atomic E-state index is -0.456. The Labute approximate surface area is 231 Å². The molecule has 9 heteroatoms. The van der Waals surface area contributed by atoms with E-state index >= 15 is 0 Å². The van der Waals surface area contributed by atoms with Gasteiger partial charge in [0.1, 0.15) is 5.60 Å². The van der Waals surface area contributed by atoms with Crippen molar-refractivity contribution < 1.29 is 19.1 Å². The van der Waals surface area contributed by atoms with Crippen molar-refractivity contribution in [3.63, 3.8) is 0 Å². The van der Waals surface area contributed by atoms with Crippen LogP contribution in [0.3, 0.4) is 0 Å². The molecule has 0 aliphatic carbocycles. The fourth-order valence-corrected chi connectivity index (χ4v) is 6.60. The van der Waals surface area contributed by atoms with Gasteiger partial charge in [-0.25, -0.2) is 4.79 Å². The standard InChI is InChI=1S/C30H43N5O4/c1-19(20-10-16-35(17-11-20)29(38)39-30(2,3)4)34-14-12-21(13-15-34)22-6-7-23-25(18-22)33(5)32-27(23)24-8-9-26(36)31-28(24)37/h6-7,18-21,24H,8-17H2,1-5H3,(H,31,36,37)/t19-,24?/m1/s1. The highest BCUT2D eigenvalue weighted by Gasteiger charge is 2.34. The topological polar surface area (TPSA) is 96.8 Å². The molecule has 1 aromatic heterocycles. The summed E-state index contributed by atoms with van der Waals surface area (Å²) in [5.41, 5.74) is 2.69. The second-order valence-corrected chi connectivity index (χ2v) is 12.6. The summed E-state index contributed by atoms with van der Waals surface area (Å²) in [7, 11) is 1.93. The van der Waals surface area contributed by atoms with E-state index in [0.29, 0.717) is 30.7 Å². The van der Waals surface area contributed by atoms with E-state index in [1.54, 1.807) is 0 Å². The highest BCUT2D eigenvalue weighted by Crippen LogP contribution is 2.36. The summed E-state index contributed by atoms with van der Waals surface area (Å²) in [6, 6.07) is 7.07. The van der Waals surface area contributed by atoms with Crippen molar-refractivity contribution in [2.24, 2.45) is 13.0 Å². The highest BCUT2D eigenvalue weighted by atomic mass is 16.6. The number of piperidine rings is 3. The molecule has 1 N–H and O–H groups in total. The van der Waals surface area contributed by atoms with Crippen LogP contribution in [-0.4, -0.2) is 75.3 Å². The number of hydrogen-bond acceptors (Lipinski definition) is 6. The van der Waals surface area contributed by atoms with Crippen LogP contribution in [0.25, 0.3) is 10.9 Å². The number of imide groups is 1. The molecule has 212 valence electrons. The average Bonchev–Trinajstić information content (AvgIpc) is 3.23. The molecule has 5 rings (SSSR count). The van der Waals surface area contributed by atoms with Crippen molar-refractivity contribution >= 4 is 28.8 Å². The van der Waals surface area contributed by atoms with Gasteiger partial charge in [-0.15, -0.1) is 0 Å². The van der Waals surface area contributed by atoms with Crippen LogP contribution in [-0.2, 0) is 21.4 Å². The van der Waals surface area contributed by atoms with Crippen molar-refractivity contribution in [3.8, 4) is 0 Å². The quantitative estimate of drug-likeness (QED) is 0.584. The Morgan fingerprint density at radius 3 is 2.38 bits per heavy atom. The van der Waals surface area contributed by atoms with Crippen LogP contribution in [0.4, 0.5) is 4.79 Å². The summed E-state index contributed by atoms with van der Waals surface area (Å²) in [5.74, 6) is 0.272. The van der Waals surface area contributed by atoms with Crippen LogP contribution in [0, 0.1) is 5.92 Å². The minimum absolute atomic E-state index is 0.191. The van der Waals surface area contributed by atoms with Crippen molar-refractivity contribution in [1.29, 1.82) is 0 Å². The van der Waals surface area contributed by atoms with E-state index in [1.807, 2.05) is 37.4 Å². The maximum absolute atomic E-state index is 12.5. The van der Waals surface area contributed by atoms with Gasteiger partial charge >= 0.3 is 6.09 Å². The van der Waals surface area contributed by atoms with Crippen LogP contribution >= 0.6 is 0 Å². The first kappa shape index (κ1) is 27.6. The van der Waals surface area contributed by atoms with Gasteiger partial charge in [0.15, 0.2) is 0 Å². The summed E-state index contributed by atoms with van der Waals surface area (Å²) in [6.07, 6.45) is 4.94. The zero-order valence-corrected chi connectivity index (χ0v) is 24.0. The van der Waals surface area contributed by atoms with E-state index in [4.69, 9.17) is 9.84 Å². The summed E-state index contributed by atoms with van der Waals surface area (Å²) in [4.78, 5) is 41.0. The number of benzene rings is 1. The third-order valence-corrected chi connectivity index (χ3v) is 8.92. The first-order valence-electron chi connectivity index (χ1n) is 14.5. The van der Waals surface area contributed by atoms with Gasteiger partial charge in [-0.2, -0.15) is 5.10 Å². The predicted octanol–water partition coefficient (Wildman–Crippen LogP) is 4.31. The number of nitrogens with zero attached hydrogens (tertiary/aromatic N) is 4. The lowest BCUT2D eigenvalue weighted by atomic mass is 9.85. The predicted molar refractivity (Wildman–Crippen MR) is 149 cm³/mol. The molecule has 4 heterocycles. The van der Waals surface area contributed by atoms with Gasteiger partial charge in [0.2, 0.25) is 11.8 Å². The zero-order valence-electron chi connectivity index (χ0n) is 24.0. The normalized spacial score (nSPS) is 23.2. The molecule has 0 bridgehead atoms. The van der Waals surface area contributed by atoms with E-state index < -0.39 is 5.60 Å². The number of carbonyl (C=O) groups excluding carboxylic acids is 3. The molecule has 2 atom stereocenters. The van der Waals surface area contributed by atoms with Gasteiger partial charge in [0, 0.05) is 38.0 Å². The number of likely N-dealkylation sites (tertiary alicyclic amines) is 2. The zero-order chi connectivity index (χ0) is 27.9. The molecule has 3 fully saturated rings. The monoisotopic (exact) mass is 537 g/mol. The van der Waals surface area contributed by atoms with Crippen molar-refractivity contribution in [3.05, 3.63) is 29.5 Å². The van der Waals surface area contributed by atoms with Crippen molar-refractivity contribution in [2.75, 3.05) is 26.2 Å². The largest absolute Gasteiger partial charge is 0.444 e. The van der Waals surface area contributed by atoms with Gasteiger partial charge in [-0.3, -0.25) is 19.6 Å². The number of aryl methyl sites for hydroxylation is 1. The first-order chi connectivity index (χ1) is 18.5. The van der Waals surface area contributed by atoms with Crippen LogP contribution in [0.1, 0.15) is 89.3 Å². The molecule has 0 spiro atoms. The number of amides is 3. The molecule has 3 amide bonds. The third kappa shape index (κ3) is 5.98. The lowest BCUT2D eigenvalue weighted by Gasteiger charge is -2.42. The van der Waals surface area contributed by atoms with Gasteiger partial charge in [0.05, 0.1) is 17.1 Å². The van der Waals surface area contributed by atoms with Crippen molar-refractivity contribution in [2.45, 2.75) is 89.7 Å². The Kier molecular flexibility index (Phi) is 7.73. The summed E-state index contributed by atoms with van der Waals surface area (Å²) < 4.78 is 7.43. The Morgan fingerprint density at radius 2 is 1.74 bits per heavy atom. The number of rotatable bonds is 4. The van der Waals surface area contributed by atoms with E-state index in [9.17, 15) is 14.4 Å². The summed E-state index contributed by atoms with van der Waals surface area (Å²) in [5, 5.41) is 8.16. The van der Waals surface area contributed by atoms with Crippen LogP contribution in [0.15, 0.2) is 18.2 Å². The number of carbonyl (C=O) groups is 3. The van der Waals surface area contributed by atoms with Crippen molar-refractivity contribution in [1.82, 2.24) is 24.9 Å². The van der Waals surface area contributed by atoms with Gasteiger partial charge in [-0.05, 0) is 96.4 Å². The molecule has 3 saturated heterocycles. The van der Waals surface area contributed by atoms with Gasteiger partial charge < -0.3 is 14.5 Å². The van der Waals surface area contributed by atoms with Crippen LogP contribution < -0.4 is 5.32 Å². The second kappa shape index (κ2) is 10.9. The number of aromatic nitrogens is 2. The molecule has 3 aliphatic heterocycles. The molecule has 39 heavy (non-hydrogen) atoms. The fourth-order valence-electron chi connectivity index (χ4n) is 6.60. The first-order valence-corrected chi connectivity index (χ1v) is 14.5. The number of ether oxygens (including phenoxy) is 1. The lowest BCUT2D eigenvalue weighted by molar-refractivity contribution is -0.134. The fraction of sp³-hybridized carbons (Fsp3) is 0.667. The Balaban J connectivity index is 1.17. The minimum Gasteiger partial charge on any atom is -0.444 e. The Bertz CT molecular complexity index is 1230. The smallest absolute Gasteiger partial charge is 0.410 e. The molecule has 0 saturated carbocycles. The molecule has 1 aromatic carbocycles. The second-order valence-electron chi connectivity index (χ2n) is 12.6. The maximum atomic E-state index is 12.5. The third-order valence-electron chi connectivity index (χ3n) is 8.92. The number of nitrogens with one attached hydrogen (secondary N) is 1.